The first-order valence-electron chi connectivity index (χ1n) is 7.05. The van der Waals surface area contributed by atoms with Crippen molar-refractivity contribution in [3.05, 3.63) is 67.6 Å². The van der Waals surface area contributed by atoms with E-state index in [2.05, 4.69) is 15.2 Å². The maximum Gasteiger partial charge on any atom is 0.278 e. The second kappa shape index (κ2) is 5.50. The molecular weight excluding hydrogens is 350 g/mol. The number of nitrogens with zero attached hydrogens (tertiary/aromatic N) is 5. The first-order valence-corrected chi connectivity index (χ1v) is 8.25. The average molecular weight is 360 g/mol. The average Bonchev–Trinajstić information content (AvgIpc) is 3.06. The summed E-state index contributed by atoms with van der Waals surface area (Å²) in [7, 11) is 0. The lowest BCUT2D eigenvalue weighted by atomic mass is 10.0. The second-order valence-corrected chi connectivity index (χ2v) is 6.87. The number of nitro benzene ring substituents is 1. The Labute approximate surface area is 145 Å². The van der Waals surface area contributed by atoms with E-state index >= 15 is 0 Å². The van der Waals surface area contributed by atoms with E-state index in [1.807, 2.05) is 11.5 Å². The molecular formula is C15H10ClN5O2S. The Kier molecular flexibility index (Phi) is 3.43. The van der Waals surface area contributed by atoms with Gasteiger partial charge in [-0.3, -0.25) is 19.7 Å². The first-order chi connectivity index (χ1) is 11.6. The van der Waals surface area contributed by atoms with Crippen molar-refractivity contribution in [3.63, 3.8) is 0 Å². The van der Waals surface area contributed by atoms with Crippen LogP contribution in [0.5, 0.6) is 0 Å². The summed E-state index contributed by atoms with van der Waals surface area (Å²) in [6.07, 6.45) is 0. The Morgan fingerprint density at radius 2 is 2.08 bits per heavy atom. The van der Waals surface area contributed by atoms with Gasteiger partial charge in [-0.2, -0.15) is 0 Å². The molecule has 0 atom stereocenters. The monoisotopic (exact) mass is 359 g/mol. The van der Waals surface area contributed by atoms with Crippen molar-refractivity contribution < 1.29 is 4.92 Å². The summed E-state index contributed by atoms with van der Waals surface area (Å²) in [5, 5.41) is 20.5. The van der Waals surface area contributed by atoms with Crippen molar-refractivity contribution >= 4 is 34.3 Å². The van der Waals surface area contributed by atoms with Gasteiger partial charge in [-0.1, -0.05) is 23.7 Å². The summed E-state index contributed by atoms with van der Waals surface area (Å²) in [5.74, 6) is 1.41. The summed E-state index contributed by atoms with van der Waals surface area (Å²) in [6, 6.07) is 8.35. The van der Waals surface area contributed by atoms with Crippen molar-refractivity contribution in [1.29, 1.82) is 0 Å². The van der Waals surface area contributed by atoms with Crippen molar-refractivity contribution in [2.24, 2.45) is 4.99 Å². The molecule has 24 heavy (non-hydrogen) atoms. The number of aliphatic imine (C=N–C) groups is 1. The molecule has 0 radical (unpaired) electrons. The van der Waals surface area contributed by atoms with Gasteiger partial charge in [0.25, 0.3) is 5.69 Å². The fourth-order valence-electron chi connectivity index (χ4n) is 2.76. The number of nitro groups is 1. The van der Waals surface area contributed by atoms with Crippen molar-refractivity contribution in [2.45, 2.75) is 13.5 Å². The zero-order valence-corrected chi connectivity index (χ0v) is 14.0. The molecule has 3 heterocycles. The molecule has 0 saturated carbocycles. The number of halogens is 1. The van der Waals surface area contributed by atoms with Crippen LogP contribution in [0.1, 0.15) is 22.8 Å². The maximum atomic E-state index is 11.4. The molecule has 120 valence electrons. The summed E-state index contributed by atoms with van der Waals surface area (Å²) in [4.78, 5) is 15.6. The van der Waals surface area contributed by atoms with E-state index in [1.54, 1.807) is 24.3 Å². The third kappa shape index (κ3) is 2.22. The van der Waals surface area contributed by atoms with Gasteiger partial charge in [-0.15, -0.1) is 21.5 Å². The molecule has 4 rings (SSSR count). The maximum absolute atomic E-state index is 11.4. The Morgan fingerprint density at radius 3 is 2.88 bits per heavy atom. The number of thiophene rings is 1. The quantitative estimate of drug-likeness (QED) is 0.517. The second-order valence-electron chi connectivity index (χ2n) is 5.21. The standard InChI is InChI=1S/C15H10ClN5O2S/c1-8-18-19-13-7-17-14(9-4-2-3-5-11(9)21(22)23)10-6-12(16)24-15(10)20(8)13/h2-6H,7H2,1H3. The molecule has 0 fully saturated rings. The Hall–Kier alpha value is -2.58. The molecule has 0 saturated heterocycles. The molecule has 1 aromatic carbocycles. The van der Waals surface area contributed by atoms with E-state index in [1.165, 1.54) is 17.4 Å². The SMILES string of the molecule is Cc1nnc2n1-c1sc(Cl)cc1C(c1ccccc1[N+](=O)[O-])=NC2. The largest absolute Gasteiger partial charge is 0.278 e. The van der Waals surface area contributed by atoms with Crippen LogP contribution in [0.2, 0.25) is 4.34 Å². The predicted molar refractivity (Wildman–Crippen MR) is 91.4 cm³/mol. The summed E-state index contributed by atoms with van der Waals surface area (Å²) >= 11 is 7.60. The van der Waals surface area contributed by atoms with Gasteiger partial charge in [0.05, 0.1) is 20.5 Å². The number of benzene rings is 1. The molecule has 0 amide bonds. The summed E-state index contributed by atoms with van der Waals surface area (Å²) < 4.78 is 2.48. The smallest absolute Gasteiger partial charge is 0.276 e. The van der Waals surface area contributed by atoms with Crippen LogP contribution >= 0.6 is 22.9 Å². The molecule has 0 spiro atoms. The van der Waals surface area contributed by atoms with Gasteiger partial charge < -0.3 is 0 Å². The van der Waals surface area contributed by atoms with Crippen molar-refractivity contribution in [1.82, 2.24) is 14.8 Å². The van der Waals surface area contributed by atoms with Crippen LogP contribution < -0.4 is 0 Å². The molecule has 3 aromatic rings. The zero-order valence-electron chi connectivity index (χ0n) is 12.4. The van der Waals surface area contributed by atoms with Crippen molar-refractivity contribution in [2.75, 3.05) is 0 Å². The van der Waals surface area contributed by atoms with Crippen LogP contribution in [0.25, 0.3) is 5.00 Å². The van der Waals surface area contributed by atoms with Crippen LogP contribution in [-0.2, 0) is 6.54 Å². The molecule has 9 heteroatoms. The van der Waals surface area contributed by atoms with E-state index in [-0.39, 0.29) is 5.69 Å². The van der Waals surface area contributed by atoms with E-state index < -0.39 is 4.92 Å². The number of hydrogen-bond donors (Lipinski definition) is 0. The fraction of sp³-hybridized carbons (Fsp3) is 0.133. The molecule has 1 aliphatic rings. The summed E-state index contributed by atoms with van der Waals surface area (Å²) in [6.45, 7) is 2.14. The number of hydrogen-bond acceptors (Lipinski definition) is 6. The Morgan fingerprint density at radius 1 is 1.29 bits per heavy atom. The van der Waals surface area contributed by atoms with E-state index in [9.17, 15) is 10.1 Å². The molecule has 0 N–H and O–H groups in total. The van der Waals surface area contributed by atoms with Crippen LogP contribution in [0, 0.1) is 17.0 Å². The highest BCUT2D eigenvalue weighted by atomic mass is 35.5. The third-order valence-corrected chi connectivity index (χ3v) is 5.02. The molecule has 0 unspecified atom stereocenters. The minimum absolute atomic E-state index is 0.0129. The summed E-state index contributed by atoms with van der Waals surface area (Å²) in [5.41, 5.74) is 1.78. The van der Waals surface area contributed by atoms with Gasteiger partial charge in [-0.25, -0.2) is 0 Å². The minimum atomic E-state index is -0.401. The lowest BCUT2D eigenvalue weighted by molar-refractivity contribution is -0.385. The Bertz CT molecular complexity index is 1010. The van der Waals surface area contributed by atoms with Crippen LogP contribution in [0.15, 0.2) is 35.3 Å². The van der Waals surface area contributed by atoms with Crippen molar-refractivity contribution in [3.8, 4) is 5.00 Å². The topological polar surface area (TPSA) is 86.2 Å². The molecule has 2 aromatic heterocycles. The van der Waals surface area contributed by atoms with Gasteiger partial charge in [0, 0.05) is 11.6 Å². The van der Waals surface area contributed by atoms with Gasteiger partial charge in [0.1, 0.15) is 17.4 Å². The lowest BCUT2D eigenvalue weighted by Gasteiger charge is -2.07. The molecule has 1 aliphatic heterocycles. The highest BCUT2D eigenvalue weighted by Crippen LogP contribution is 2.36. The fourth-order valence-corrected chi connectivity index (χ4v) is 4.04. The van der Waals surface area contributed by atoms with E-state index in [4.69, 9.17) is 11.6 Å². The van der Waals surface area contributed by atoms with Crippen LogP contribution in [-0.4, -0.2) is 25.4 Å². The van der Waals surface area contributed by atoms with Gasteiger partial charge in [0.2, 0.25) is 0 Å². The lowest BCUT2D eigenvalue weighted by Crippen LogP contribution is -2.08. The van der Waals surface area contributed by atoms with Crippen LogP contribution in [0.3, 0.4) is 0 Å². The highest BCUT2D eigenvalue weighted by Gasteiger charge is 2.27. The van der Waals surface area contributed by atoms with Gasteiger partial charge in [0.15, 0.2) is 5.82 Å². The molecule has 0 aliphatic carbocycles. The number of fused-ring (bicyclic) bond motifs is 3. The first kappa shape index (κ1) is 15.0. The Balaban J connectivity index is 1.99. The highest BCUT2D eigenvalue weighted by molar-refractivity contribution is 7.19. The van der Waals surface area contributed by atoms with Gasteiger partial charge in [-0.05, 0) is 19.1 Å². The molecule has 7 nitrogen and oxygen atoms in total. The number of para-hydroxylation sites is 1. The zero-order chi connectivity index (χ0) is 16.8. The van der Waals surface area contributed by atoms with Gasteiger partial charge >= 0.3 is 0 Å². The van der Waals surface area contributed by atoms with E-state index in [0.29, 0.717) is 28.0 Å². The minimum Gasteiger partial charge on any atom is -0.276 e. The normalized spacial score (nSPS) is 13.0. The predicted octanol–water partition coefficient (Wildman–Crippen LogP) is 3.55. The third-order valence-electron chi connectivity index (χ3n) is 3.77. The van der Waals surface area contributed by atoms with E-state index in [0.717, 1.165) is 16.4 Å². The number of aromatic nitrogens is 3. The number of aryl methyl sites for hydroxylation is 1. The number of rotatable bonds is 2. The molecule has 0 bridgehead atoms. The van der Waals surface area contributed by atoms with Crippen LogP contribution in [0.4, 0.5) is 5.69 Å².